The smallest absolute Gasteiger partial charge is 0.170 e. The molecule has 0 aliphatic rings. The van der Waals surface area contributed by atoms with E-state index in [1.807, 2.05) is 45.0 Å². The normalized spacial score (nSPS) is 13.2. The van der Waals surface area contributed by atoms with Gasteiger partial charge in [0, 0.05) is 30.4 Å². The number of hydrogen-bond acceptors (Lipinski definition) is 9. The first-order valence-electron chi connectivity index (χ1n) is 12.4. The highest BCUT2D eigenvalue weighted by molar-refractivity contribution is 7.91. The summed E-state index contributed by atoms with van der Waals surface area (Å²) < 4.78 is 41.0. The molecule has 0 saturated heterocycles. The lowest BCUT2D eigenvalue weighted by Gasteiger charge is -2.23. The Hall–Kier alpha value is -3.96. The predicted octanol–water partition coefficient (Wildman–Crippen LogP) is 4.30. The van der Waals surface area contributed by atoms with Crippen LogP contribution in [0.15, 0.2) is 61.7 Å². The minimum atomic E-state index is -3.86. The van der Waals surface area contributed by atoms with Gasteiger partial charge in [-0.1, -0.05) is 18.2 Å². The van der Waals surface area contributed by atoms with Crippen LogP contribution in [0.25, 0.3) is 17.1 Å². The third-order valence-electron chi connectivity index (χ3n) is 6.28. The zero-order chi connectivity index (χ0) is 28.2. The Morgan fingerprint density at radius 3 is 2.46 bits per heavy atom. The van der Waals surface area contributed by atoms with Crippen molar-refractivity contribution in [3.8, 4) is 22.8 Å². The number of nitrogens with zero attached hydrogens (tertiary/aromatic N) is 6. The number of ether oxygens (including phenoxy) is 2. The molecule has 3 heterocycles. The molecule has 10 nitrogen and oxygen atoms in total. The van der Waals surface area contributed by atoms with Gasteiger partial charge in [0.25, 0.3) is 0 Å². The number of para-hydroxylation sites is 1. The van der Waals surface area contributed by atoms with Crippen molar-refractivity contribution in [1.82, 2.24) is 29.7 Å². The fourth-order valence-corrected chi connectivity index (χ4v) is 5.62. The number of methoxy groups -OCH3 is 1. The Bertz CT molecular complexity index is 1570. The Kier molecular flexibility index (Phi) is 8.51. The van der Waals surface area contributed by atoms with Crippen LogP contribution < -0.4 is 4.74 Å². The molecule has 4 rings (SSSR count). The van der Waals surface area contributed by atoms with Crippen LogP contribution in [-0.2, 0) is 20.3 Å². The van der Waals surface area contributed by atoms with Gasteiger partial charge < -0.3 is 9.47 Å². The van der Waals surface area contributed by atoms with Crippen LogP contribution in [0.5, 0.6) is 5.75 Å². The van der Waals surface area contributed by atoms with Crippen molar-refractivity contribution in [1.29, 1.82) is 0 Å². The summed E-state index contributed by atoms with van der Waals surface area (Å²) >= 11 is 0. The summed E-state index contributed by atoms with van der Waals surface area (Å²) in [7, 11) is -2.29. The van der Waals surface area contributed by atoms with E-state index in [9.17, 15) is 8.42 Å². The maximum absolute atomic E-state index is 13.9. The Balaban J connectivity index is 1.82. The van der Waals surface area contributed by atoms with E-state index < -0.39 is 26.9 Å². The van der Waals surface area contributed by atoms with E-state index in [1.54, 1.807) is 49.5 Å². The van der Waals surface area contributed by atoms with Gasteiger partial charge in [0.2, 0.25) is 0 Å². The van der Waals surface area contributed by atoms with Gasteiger partial charge in [-0.3, -0.25) is 9.55 Å². The molecule has 0 unspecified atom stereocenters. The number of aromatic nitrogens is 6. The lowest BCUT2D eigenvalue weighted by Crippen LogP contribution is -2.31. The Labute approximate surface area is 228 Å². The third kappa shape index (κ3) is 6.04. The van der Waals surface area contributed by atoms with Crippen molar-refractivity contribution in [2.24, 2.45) is 0 Å². The van der Waals surface area contributed by atoms with Crippen LogP contribution in [-0.4, -0.2) is 57.1 Å². The van der Waals surface area contributed by atoms with E-state index in [4.69, 9.17) is 9.47 Å². The minimum Gasteiger partial charge on any atom is -0.495 e. The van der Waals surface area contributed by atoms with Gasteiger partial charge in [-0.25, -0.2) is 18.4 Å². The predicted molar refractivity (Wildman–Crippen MR) is 148 cm³/mol. The molecule has 0 spiro atoms. The topological polar surface area (TPSA) is 122 Å². The average molecular weight is 549 g/mol. The molecule has 0 saturated carbocycles. The summed E-state index contributed by atoms with van der Waals surface area (Å²) in [6.07, 6.45) is 7.34. The summed E-state index contributed by atoms with van der Waals surface area (Å²) in [6.45, 7) is 11.1. The Morgan fingerprint density at radius 2 is 1.79 bits per heavy atom. The van der Waals surface area contributed by atoms with E-state index in [-0.39, 0.29) is 18.3 Å². The van der Waals surface area contributed by atoms with Crippen molar-refractivity contribution < 1.29 is 17.9 Å². The zero-order valence-corrected chi connectivity index (χ0v) is 23.5. The number of pyridine rings is 1. The summed E-state index contributed by atoms with van der Waals surface area (Å²) in [6, 6.07) is 7.53. The molecule has 204 valence electrons. The van der Waals surface area contributed by atoms with Crippen molar-refractivity contribution in [2.75, 3.05) is 13.7 Å². The molecule has 4 aromatic rings. The van der Waals surface area contributed by atoms with Crippen LogP contribution >= 0.6 is 0 Å². The number of sulfone groups is 1. The number of benzene rings is 1. The molecule has 3 aromatic heterocycles. The van der Waals surface area contributed by atoms with Gasteiger partial charge >= 0.3 is 0 Å². The van der Waals surface area contributed by atoms with Crippen LogP contribution in [0.1, 0.15) is 41.4 Å². The minimum absolute atomic E-state index is 0.142. The molecular weight excluding hydrogens is 516 g/mol. The quantitative estimate of drug-likeness (QED) is 0.252. The third-order valence-corrected chi connectivity index (χ3v) is 8.32. The maximum Gasteiger partial charge on any atom is 0.170 e. The molecule has 0 aliphatic heterocycles. The Morgan fingerprint density at radius 1 is 1.05 bits per heavy atom. The number of hydrogen-bond donors (Lipinski definition) is 0. The SMILES string of the molecule is C=CCO[C@@H](c1ncc(C)cn1)[C@H](C)S(=O)(=O)Cc1nnc(-c2cncc(C)c2)n1-c1c(C)cccc1OC. The summed E-state index contributed by atoms with van der Waals surface area (Å²) in [5.74, 6) is 1.13. The van der Waals surface area contributed by atoms with Gasteiger partial charge in [-0.05, 0) is 56.5 Å². The molecule has 0 aliphatic carbocycles. The number of aryl methyl sites for hydroxylation is 3. The summed E-state index contributed by atoms with van der Waals surface area (Å²) in [5.41, 5.74) is 4.01. The first kappa shape index (κ1) is 28.1. The molecule has 2 atom stereocenters. The average Bonchev–Trinajstić information content (AvgIpc) is 3.31. The molecular formula is C28H32N6O4S. The monoisotopic (exact) mass is 548 g/mol. The molecule has 0 fully saturated rings. The van der Waals surface area contributed by atoms with Gasteiger partial charge in [0.1, 0.15) is 17.6 Å². The number of rotatable bonds is 11. The van der Waals surface area contributed by atoms with Gasteiger partial charge in [-0.15, -0.1) is 16.8 Å². The highest BCUT2D eigenvalue weighted by Crippen LogP contribution is 2.33. The van der Waals surface area contributed by atoms with Gasteiger partial charge in [0.05, 0.1) is 24.7 Å². The van der Waals surface area contributed by atoms with E-state index in [1.165, 1.54) is 0 Å². The summed E-state index contributed by atoms with van der Waals surface area (Å²) in [5, 5.41) is 7.77. The second-order valence-corrected chi connectivity index (χ2v) is 11.7. The lowest BCUT2D eigenvalue weighted by molar-refractivity contribution is 0.0669. The first-order valence-corrected chi connectivity index (χ1v) is 14.1. The van der Waals surface area contributed by atoms with Crippen LogP contribution in [0, 0.1) is 20.8 Å². The standard InChI is InChI=1S/C28H32N6O4S/c1-7-11-38-26(27-30-14-19(3)15-31-27)21(5)39(35,36)17-24-32-33-28(22-12-18(2)13-29-16-22)34(24)25-20(4)9-8-10-23(25)37-6/h7-10,12-16,21,26H,1,11,17H2,2-6H3/t21-,26+/m0/s1. The molecule has 11 heteroatoms. The molecule has 39 heavy (non-hydrogen) atoms. The van der Waals surface area contributed by atoms with E-state index in [0.717, 1.165) is 16.7 Å². The van der Waals surface area contributed by atoms with Crippen molar-refractivity contribution in [3.63, 3.8) is 0 Å². The molecule has 1 aromatic carbocycles. The fraction of sp³-hybridized carbons (Fsp3) is 0.321. The van der Waals surface area contributed by atoms with Crippen LogP contribution in [0.4, 0.5) is 0 Å². The van der Waals surface area contributed by atoms with E-state index >= 15 is 0 Å². The first-order chi connectivity index (χ1) is 18.7. The van der Waals surface area contributed by atoms with Crippen LogP contribution in [0.3, 0.4) is 0 Å². The molecule has 0 radical (unpaired) electrons. The molecule has 0 amide bonds. The van der Waals surface area contributed by atoms with E-state index in [2.05, 4.69) is 31.7 Å². The van der Waals surface area contributed by atoms with E-state index in [0.29, 0.717) is 22.8 Å². The highest BCUT2D eigenvalue weighted by Gasteiger charge is 2.35. The van der Waals surface area contributed by atoms with Gasteiger partial charge in [0.15, 0.2) is 27.3 Å². The van der Waals surface area contributed by atoms with Crippen molar-refractivity contribution in [3.05, 3.63) is 90.0 Å². The largest absolute Gasteiger partial charge is 0.495 e. The second kappa shape index (κ2) is 11.8. The van der Waals surface area contributed by atoms with Crippen LogP contribution in [0.2, 0.25) is 0 Å². The lowest BCUT2D eigenvalue weighted by atomic mass is 10.1. The van der Waals surface area contributed by atoms with Crippen molar-refractivity contribution >= 4 is 9.84 Å². The van der Waals surface area contributed by atoms with Crippen molar-refractivity contribution in [2.45, 2.75) is 44.8 Å². The highest BCUT2D eigenvalue weighted by atomic mass is 32.2. The zero-order valence-electron chi connectivity index (χ0n) is 22.7. The van der Waals surface area contributed by atoms with Gasteiger partial charge in [-0.2, -0.15) is 0 Å². The fourth-order valence-electron chi connectivity index (χ4n) is 4.23. The maximum atomic E-state index is 13.9. The molecule has 0 bridgehead atoms. The second-order valence-electron chi connectivity index (χ2n) is 9.33. The molecule has 0 N–H and O–H groups in total. The summed E-state index contributed by atoms with van der Waals surface area (Å²) in [4.78, 5) is 13.0.